The van der Waals surface area contributed by atoms with Crippen molar-refractivity contribution in [2.24, 2.45) is 0 Å². The third kappa shape index (κ3) is 8.29. The van der Waals surface area contributed by atoms with Crippen molar-refractivity contribution < 1.29 is 0 Å². The molecule has 0 spiro atoms. The molecule has 0 radical (unpaired) electrons. The molecule has 11 aromatic carbocycles. The van der Waals surface area contributed by atoms with Gasteiger partial charge in [0.05, 0.1) is 33.5 Å². The molecule has 0 saturated heterocycles. The van der Waals surface area contributed by atoms with Crippen molar-refractivity contribution in [1.29, 1.82) is 0 Å². The van der Waals surface area contributed by atoms with E-state index in [9.17, 15) is 0 Å². The second-order valence-corrected chi connectivity index (χ2v) is 20.0. The molecule has 0 unspecified atom stereocenters. The van der Waals surface area contributed by atoms with Crippen molar-refractivity contribution in [3.63, 3.8) is 0 Å². The molecule has 0 fully saturated rings. The van der Waals surface area contributed by atoms with Gasteiger partial charge in [-0.05, 0) is 76.9 Å². The Bertz CT molecular complexity index is 4360. The number of benzene rings is 11. The summed E-state index contributed by atoms with van der Waals surface area (Å²) in [6.07, 6.45) is 0. The molecule has 0 aliphatic heterocycles. The Morgan fingerprint density at radius 3 is 0.912 bits per heavy atom. The van der Waals surface area contributed by atoms with Gasteiger partial charge in [0.2, 0.25) is 0 Å². The molecular weight excluding hydrogens is 975 g/mol. The van der Waals surface area contributed by atoms with Gasteiger partial charge < -0.3 is 9.13 Å². The van der Waals surface area contributed by atoms with Crippen LogP contribution in [0.5, 0.6) is 0 Å². The summed E-state index contributed by atoms with van der Waals surface area (Å²) in [4.78, 5) is 25.0. The SMILES string of the molecule is c1ccc(-c2cc(-c3ccccc3)nc(-c3ccc(-c4cccc(-n5c6ccccc6c6c7c8ccccc8n(-c8cccc(-c9ccc(-c%10nc(-c%11ccccc%11)nc(-c%11ccccc%11)n%10)cc9)c8)c7ccc65)c4)cc3)n2)cc1. The first-order chi connectivity index (χ1) is 39.6. The van der Waals surface area contributed by atoms with E-state index in [0.717, 1.165) is 100 Å². The third-order valence-electron chi connectivity index (χ3n) is 15.2. The number of fused-ring (bicyclic) bond motifs is 7. The van der Waals surface area contributed by atoms with E-state index >= 15 is 0 Å². The third-order valence-corrected chi connectivity index (χ3v) is 15.2. The maximum absolute atomic E-state index is 5.09. The maximum Gasteiger partial charge on any atom is 0.164 e. The summed E-state index contributed by atoms with van der Waals surface area (Å²) in [7, 11) is 0. The monoisotopic (exact) mass is 1020 g/mol. The van der Waals surface area contributed by atoms with Crippen LogP contribution in [0.3, 0.4) is 0 Å². The van der Waals surface area contributed by atoms with E-state index in [1.54, 1.807) is 0 Å². The predicted molar refractivity (Wildman–Crippen MR) is 328 cm³/mol. The Labute approximate surface area is 462 Å². The molecule has 0 amide bonds. The Hall–Kier alpha value is -10.9. The fourth-order valence-corrected chi connectivity index (χ4v) is 11.4. The van der Waals surface area contributed by atoms with Gasteiger partial charge >= 0.3 is 0 Å². The molecule has 0 N–H and O–H groups in total. The van der Waals surface area contributed by atoms with Crippen LogP contribution in [0.4, 0.5) is 0 Å². The molecule has 0 saturated carbocycles. The van der Waals surface area contributed by atoms with E-state index in [1.807, 2.05) is 97.1 Å². The summed E-state index contributed by atoms with van der Waals surface area (Å²) >= 11 is 0. The summed E-state index contributed by atoms with van der Waals surface area (Å²) in [6, 6.07) is 100. The zero-order valence-corrected chi connectivity index (χ0v) is 43.3. The van der Waals surface area contributed by atoms with Crippen LogP contribution in [0, 0.1) is 0 Å². The lowest BCUT2D eigenvalue weighted by Crippen LogP contribution is -2.00. The summed E-state index contributed by atoms with van der Waals surface area (Å²) in [5.74, 6) is 2.60. The van der Waals surface area contributed by atoms with Crippen molar-refractivity contribution >= 4 is 43.6 Å². The van der Waals surface area contributed by atoms with Gasteiger partial charge in [-0.2, -0.15) is 0 Å². The quantitative estimate of drug-likeness (QED) is 0.136. The van der Waals surface area contributed by atoms with E-state index in [-0.39, 0.29) is 0 Å². The molecule has 0 atom stereocenters. The summed E-state index contributed by atoms with van der Waals surface area (Å²) < 4.78 is 4.85. The van der Waals surface area contributed by atoms with Gasteiger partial charge in [0.25, 0.3) is 0 Å². The first-order valence-electron chi connectivity index (χ1n) is 26.9. The van der Waals surface area contributed by atoms with Crippen molar-refractivity contribution in [3.05, 3.63) is 285 Å². The number of hydrogen-bond acceptors (Lipinski definition) is 5. The fourth-order valence-electron chi connectivity index (χ4n) is 11.4. The van der Waals surface area contributed by atoms with Gasteiger partial charge in [-0.3, -0.25) is 0 Å². The van der Waals surface area contributed by atoms with Crippen molar-refractivity contribution in [2.45, 2.75) is 0 Å². The van der Waals surface area contributed by atoms with E-state index < -0.39 is 0 Å². The minimum Gasteiger partial charge on any atom is -0.309 e. The summed E-state index contributed by atoms with van der Waals surface area (Å²) in [5, 5.41) is 4.87. The van der Waals surface area contributed by atoms with E-state index in [4.69, 9.17) is 24.9 Å². The molecule has 80 heavy (non-hydrogen) atoms. The van der Waals surface area contributed by atoms with Crippen LogP contribution < -0.4 is 0 Å². The second-order valence-electron chi connectivity index (χ2n) is 20.0. The van der Waals surface area contributed by atoms with Crippen molar-refractivity contribution in [2.75, 3.05) is 0 Å². The zero-order valence-electron chi connectivity index (χ0n) is 43.3. The Balaban J connectivity index is 0.789. The van der Waals surface area contributed by atoms with Crippen molar-refractivity contribution in [1.82, 2.24) is 34.1 Å². The molecule has 15 aromatic rings. The minimum atomic E-state index is 0.629. The van der Waals surface area contributed by atoms with Gasteiger partial charge in [-0.25, -0.2) is 24.9 Å². The molecule has 4 aromatic heterocycles. The topological polar surface area (TPSA) is 74.3 Å². The standard InChI is InChI=1S/C73H47N7/c1-5-19-50(20-6-1)62-47-63(51-21-7-2-8-22-51)75-70(74-62)54-39-35-48(36-40-54)56-27-17-29-58(45-56)79-64-33-15-13-31-60(64)68-66(79)43-44-67-69(68)61-32-14-16-34-65(61)80(67)59-30-18-28-57(46-59)49-37-41-55(42-38-49)73-77-71(52-23-9-3-10-24-52)76-72(78-73)53-25-11-4-12-26-53/h1-47H. The average molecular weight is 1020 g/mol. The molecule has 15 rings (SSSR count). The Kier molecular flexibility index (Phi) is 11.4. The summed E-state index contributed by atoms with van der Waals surface area (Å²) in [6.45, 7) is 0. The van der Waals surface area contributed by atoms with Crippen LogP contribution in [0.25, 0.3) is 145 Å². The summed E-state index contributed by atoms with van der Waals surface area (Å²) in [5.41, 5.74) is 18.9. The van der Waals surface area contributed by atoms with Crippen LogP contribution in [-0.4, -0.2) is 34.1 Å². The van der Waals surface area contributed by atoms with E-state index in [1.165, 1.54) is 21.5 Å². The normalized spacial score (nSPS) is 11.5. The lowest BCUT2D eigenvalue weighted by Gasteiger charge is -2.12. The van der Waals surface area contributed by atoms with Gasteiger partial charge in [0, 0.05) is 66.3 Å². The molecule has 7 heteroatoms. The van der Waals surface area contributed by atoms with Gasteiger partial charge in [0.1, 0.15) is 0 Å². The fraction of sp³-hybridized carbons (Fsp3) is 0. The molecule has 0 aliphatic rings. The highest BCUT2D eigenvalue weighted by atomic mass is 15.0. The van der Waals surface area contributed by atoms with Crippen molar-refractivity contribution in [3.8, 4) is 102 Å². The highest BCUT2D eigenvalue weighted by molar-refractivity contribution is 6.29. The predicted octanol–water partition coefficient (Wildman–Crippen LogP) is 18.2. The number of rotatable bonds is 10. The second kappa shape index (κ2) is 19.6. The van der Waals surface area contributed by atoms with Crippen LogP contribution in [0.1, 0.15) is 0 Å². The maximum atomic E-state index is 5.09. The minimum absolute atomic E-state index is 0.629. The number of nitrogens with zero attached hydrogens (tertiary/aromatic N) is 7. The lowest BCUT2D eigenvalue weighted by molar-refractivity contribution is 1.07. The van der Waals surface area contributed by atoms with E-state index in [0.29, 0.717) is 23.3 Å². The highest BCUT2D eigenvalue weighted by Crippen LogP contribution is 2.43. The zero-order chi connectivity index (χ0) is 52.9. The van der Waals surface area contributed by atoms with Gasteiger partial charge in [-0.1, -0.05) is 231 Å². The average Bonchev–Trinajstić information content (AvgIpc) is 4.18. The smallest absolute Gasteiger partial charge is 0.164 e. The van der Waals surface area contributed by atoms with Gasteiger partial charge in [0.15, 0.2) is 23.3 Å². The molecule has 7 nitrogen and oxygen atoms in total. The van der Waals surface area contributed by atoms with Crippen LogP contribution in [0.15, 0.2) is 285 Å². The van der Waals surface area contributed by atoms with Crippen LogP contribution in [-0.2, 0) is 0 Å². The largest absolute Gasteiger partial charge is 0.309 e. The molecule has 4 heterocycles. The molecule has 374 valence electrons. The highest BCUT2D eigenvalue weighted by Gasteiger charge is 2.22. The molecule has 0 aliphatic carbocycles. The van der Waals surface area contributed by atoms with Crippen LogP contribution in [0.2, 0.25) is 0 Å². The Morgan fingerprint density at radius 2 is 0.512 bits per heavy atom. The Morgan fingerprint density at radius 1 is 0.200 bits per heavy atom. The van der Waals surface area contributed by atoms with E-state index in [2.05, 4.69) is 197 Å². The number of hydrogen-bond donors (Lipinski definition) is 0. The van der Waals surface area contributed by atoms with Gasteiger partial charge in [-0.15, -0.1) is 0 Å². The molecular formula is C73H47N7. The first-order valence-corrected chi connectivity index (χ1v) is 26.9. The lowest BCUT2D eigenvalue weighted by atomic mass is 10.0. The van der Waals surface area contributed by atoms with Crippen LogP contribution >= 0.6 is 0 Å². The first kappa shape index (κ1) is 46.4. The molecule has 0 bridgehead atoms. The number of para-hydroxylation sites is 2. The number of aromatic nitrogens is 7.